The third-order valence-corrected chi connectivity index (χ3v) is 2.82. The molecule has 0 saturated carbocycles. The van der Waals surface area contributed by atoms with Crippen LogP contribution in [0.5, 0.6) is 0 Å². The fraction of sp³-hybridized carbons (Fsp3) is 0.429. The standard InChI is InChI=1S/C7H11BrN2/c1-4-3-6(9)10-5(2)7(4)8/h3,5,10H,9H2,1-2H3. The van der Waals surface area contributed by atoms with E-state index in [0.29, 0.717) is 6.04 Å². The predicted octanol–water partition coefficient (Wildman–Crippen LogP) is 1.45. The summed E-state index contributed by atoms with van der Waals surface area (Å²) in [5, 5.41) is 3.09. The second kappa shape index (κ2) is 2.66. The lowest BCUT2D eigenvalue weighted by atomic mass is 10.1. The van der Waals surface area contributed by atoms with Crippen LogP contribution in [0.15, 0.2) is 22.0 Å². The molecule has 0 radical (unpaired) electrons. The van der Waals surface area contributed by atoms with Gasteiger partial charge in [0.25, 0.3) is 0 Å². The smallest absolute Gasteiger partial charge is 0.0967 e. The van der Waals surface area contributed by atoms with Gasteiger partial charge in [0.1, 0.15) is 0 Å². The van der Waals surface area contributed by atoms with Crippen LogP contribution < -0.4 is 11.1 Å². The Hall–Kier alpha value is -0.440. The Kier molecular flexibility index (Phi) is 2.04. The lowest BCUT2D eigenvalue weighted by molar-refractivity contribution is 0.696. The molecule has 1 aliphatic heterocycles. The molecular weight excluding hydrogens is 192 g/mol. The maximum atomic E-state index is 5.57. The Bertz CT molecular complexity index is 206. The van der Waals surface area contributed by atoms with Gasteiger partial charge >= 0.3 is 0 Å². The van der Waals surface area contributed by atoms with Crippen molar-refractivity contribution in [2.24, 2.45) is 5.73 Å². The van der Waals surface area contributed by atoms with E-state index in [-0.39, 0.29) is 0 Å². The van der Waals surface area contributed by atoms with Gasteiger partial charge in [-0.25, -0.2) is 0 Å². The van der Waals surface area contributed by atoms with E-state index in [1.807, 2.05) is 13.0 Å². The Balaban J connectivity index is 2.92. The quantitative estimate of drug-likeness (QED) is 0.625. The van der Waals surface area contributed by atoms with Crippen molar-refractivity contribution in [1.29, 1.82) is 0 Å². The molecule has 0 saturated heterocycles. The minimum atomic E-state index is 0.310. The van der Waals surface area contributed by atoms with Crippen LogP contribution >= 0.6 is 15.9 Å². The van der Waals surface area contributed by atoms with E-state index in [2.05, 4.69) is 28.2 Å². The number of hydrogen-bond acceptors (Lipinski definition) is 2. The lowest BCUT2D eigenvalue weighted by Gasteiger charge is -2.20. The van der Waals surface area contributed by atoms with Gasteiger partial charge in [-0.1, -0.05) is 15.9 Å². The fourth-order valence-corrected chi connectivity index (χ4v) is 1.23. The maximum Gasteiger partial charge on any atom is 0.0967 e. The van der Waals surface area contributed by atoms with Gasteiger partial charge in [-0.05, 0) is 25.5 Å². The number of hydrogen-bond donors (Lipinski definition) is 2. The van der Waals surface area contributed by atoms with Crippen LogP contribution in [0.25, 0.3) is 0 Å². The number of dihydropyridines is 1. The van der Waals surface area contributed by atoms with E-state index < -0.39 is 0 Å². The molecular formula is C7H11BrN2. The first-order valence-electron chi connectivity index (χ1n) is 3.21. The molecule has 3 N–H and O–H groups in total. The highest BCUT2D eigenvalue weighted by Gasteiger charge is 2.12. The van der Waals surface area contributed by atoms with Crippen molar-refractivity contribution in [2.75, 3.05) is 0 Å². The summed E-state index contributed by atoms with van der Waals surface area (Å²) in [5.74, 6) is 0.744. The molecule has 3 heteroatoms. The normalized spacial score (nSPS) is 25.9. The third kappa shape index (κ3) is 1.34. The second-order valence-electron chi connectivity index (χ2n) is 2.50. The molecule has 0 spiro atoms. The minimum Gasteiger partial charge on any atom is -0.386 e. The van der Waals surface area contributed by atoms with Crippen molar-refractivity contribution >= 4 is 15.9 Å². The third-order valence-electron chi connectivity index (χ3n) is 1.51. The van der Waals surface area contributed by atoms with Crippen molar-refractivity contribution in [3.05, 3.63) is 22.0 Å². The van der Waals surface area contributed by atoms with E-state index in [1.54, 1.807) is 0 Å². The Morgan fingerprint density at radius 3 is 2.80 bits per heavy atom. The van der Waals surface area contributed by atoms with Gasteiger partial charge in [0.2, 0.25) is 0 Å². The first-order chi connectivity index (χ1) is 4.61. The highest BCUT2D eigenvalue weighted by Crippen LogP contribution is 2.21. The average molecular weight is 203 g/mol. The zero-order valence-corrected chi connectivity index (χ0v) is 7.70. The van der Waals surface area contributed by atoms with Crippen LogP contribution in [0.4, 0.5) is 0 Å². The number of nitrogens with two attached hydrogens (primary N) is 1. The fourth-order valence-electron chi connectivity index (χ4n) is 0.999. The number of rotatable bonds is 0. The van der Waals surface area contributed by atoms with Crippen LogP contribution in [0.3, 0.4) is 0 Å². The van der Waals surface area contributed by atoms with Crippen LogP contribution in [0, 0.1) is 0 Å². The van der Waals surface area contributed by atoms with Gasteiger partial charge in [0, 0.05) is 4.48 Å². The van der Waals surface area contributed by atoms with E-state index in [4.69, 9.17) is 5.73 Å². The molecule has 0 aromatic rings. The molecule has 10 heavy (non-hydrogen) atoms. The van der Waals surface area contributed by atoms with Gasteiger partial charge in [-0.15, -0.1) is 0 Å². The first kappa shape index (κ1) is 7.66. The Labute approximate surface area is 69.3 Å². The first-order valence-corrected chi connectivity index (χ1v) is 4.00. The van der Waals surface area contributed by atoms with Gasteiger partial charge in [-0.3, -0.25) is 0 Å². The highest BCUT2D eigenvalue weighted by atomic mass is 79.9. The van der Waals surface area contributed by atoms with Crippen molar-refractivity contribution in [2.45, 2.75) is 19.9 Å². The van der Waals surface area contributed by atoms with Crippen molar-refractivity contribution in [3.63, 3.8) is 0 Å². The van der Waals surface area contributed by atoms with E-state index >= 15 is 0 Å². The molecule has 0 aromatic heterocycles. The molecule has 1 aliphatic rings. The molecule has 56 valence electrons. The maximum absolute atomic E-state index is 5.57. The summed E-state index contributed by atoms with van der Waals surface area (Å²) in [6.45, 7) is 4.10. The SMILES string of the molecule is CC1=C(Br)C(C)NC(N)=C1. The predicted molar refractivity (Wildman–Crippen MR) is 46.5 cm³/mol. The zero-order valence-electron chi connectivity index (χ0n) is 6.11. The molecule has 1 atom stereocenters. The molecule has 0 aliphatic carbocycles. The van der Waals surface area contributed by atoms with Gasteiger partial charge in [-0.2, -0.15) is 0 Å². The lowest BCUT2D eigenvalue weighted by Crippen LogP contribution is -2.32. The summed E-state index contributed by atoms with van der Waals surface area (Å²) < 4.78 is 1.18. The van der Waals surface area contributed by atoms with Crippen LogP contribution in [-0.4, -0.2) is 6.04 Å². The summed E-state index contributed by atoms with van der Waals surface area (Å²) in [6, 6.07) is 0.310. The molecule has 0 aromatic carbocycles. The number of allylic oxidation sites excluding steroid dienone is 2. The topological polar surface area (TPSA) is 38.0 Å². The molecule has 1 heterocycles. The van der Waals surface area contributed by atoms with Gasteiger partial charge < -0.3 is 11.1 Å². The second-order valence-corrected chi connectivity index (χ2v) is 3.35. The van der Waals surface area contributed by atoms with Gasteiger partial charge in [0.15, 0.2) is 0 Å². The molecule has 1 unspecified atom stereocenters. The monoisotopic (exact) mass is 202 g/mol. The van der Waals surface area contributed by atoms with Crippen molar-refractivity contribution < 1.29 is 0 Å². The summed E-state index contributed by atoms with van der Waals surface area (Å²) in [4.78, 5) is 0. The largest absolute Gasteiger partial charge is 0.386 e. The summed E-state index contributed by atoms with van der Waals surface area (Å²) in [7, 11) is 0. The minimum absolute atomic E-state index is 0.310. The Morgan fingerprint density at radius 2 is 2.30 bits per heavy atom. The van der Waals surface area contributed by atoms with E-state index in [9.17, 15) is 0 Å². The highest BCUT2D eigenvalue weighted by molar-refractivity contribution is 9.11. The molecule has 1 rings (SSSR count). The molecule has 2 nitrogen and oxygen atoms in total. The molecule has 0 amide bonds. The number of halogens is 1. The number of nitrogens with one attached hydrogen (secondary N) is 1. The summed E-state index contributed by atoms with van der Waals surface area (Å²) in [5.41, 5.74) is 6.77. The summed E-state index contributed by atoms with van der Waals surface area (Å²) in [6.07, 6.45) is 1.92. The summed E-state index contributed by atoms with van der Waals surface area (Å²) >= 11 is 3.46. The van der Waals surface area contributed by atoms with E-state index in [1.165, 1.54) is 10.1 Å². The Morgan fingerprint density at radius 1 is 1.70 bits per heavy atom. The van der Waals surface area contributed by atoms with Crippen molar-refractivity contribution in [3.8, 4) is 0 Å². The van der Waals surface area contributed by atoms with Crippen LogP contribution in [0.2, 0.25) is 0 Å². The van der Waals surface area contributed by atoms with Gasteiger partial charge in [0.05, 0.1) is 11.9 Å². The van der Waals surface area contributed by atoms with Crippen LogP contribution in [0.1, 0.15) is 13.8 Å². The average Bonchev–Trinajstić information content (AvgIpc) is 1.82. The molecule has 0 fully saturated rings. The van der Waals surface area contributed by atoms with E-state index in [0.717, 1.165) is 5.82 Å². The van der Waals surface area contributed by atoms with Crippen molar-refractivity contribution in [1.82, 2.24) is 5.32 Å². The molecule has 0 bridgehead atoms. The zero-order chi connectivity index (χ0) is 7.72. The van der Waals surface area contributed by atoms with Crippen LogP contribution in [-0.2, 0) is 0 Å².